The van der Waals surface area contributed by atoms with Crippen LogP contribution < -0.4 is 5.84 Å². The molecule has 1 aromatic carbocycles. The SMILES string of the molecule is CC(c1ccc(F)cc1)N(C)C(=O)CSc1nnc(-c2cccs2)n1N. The topological polar surface area (TPSA) is 77.0 Å². The number of amides is 1. The molecular formula is C17H18FN5OS2. The molecule has 136 valence electrons. The summed E-state index contributed by atoms with van der Waals surface area (Å²) in [6, 6.07) is 9.80. The van der Waals surface area contributed by atoms with Crippen LogP contribution in [0.1, 0.15) is 18.5 Å². The van der Waals surface area contributed by atoms with Crippen molar-refractivity contribution >= 4 is 29.0 Å². The summed E-state index contributed by atoms with van der Waals surface area (Å²) in [7, 11) is 1.72. The van der Waals surface area contributed by atoms with Gasteiger partial charge in [-0.25, -0.2) is 9.07 Å². The zero-order valence-corrected chi connectivity index (χ0v) is 15.9. The minimum absolute atomic E-state index is 0.0764. The summed E-state index contributed by atoms with van der Waals surface area (Å²) in [4.78, 5) is 15.0. The van der Waals surface area contributed by atoms with E-state index in [1.807, 2.05) is 24.4 Å². The average molecular weight is 391 g/mol. The Labute approximate surface area is 158 Å². The van der Waals surface area contributed by atoms with Gasteiger partial charge in [0.2, 0.25) is 11.1 Å². The number of rotatable bonds is 6. The summed E-state index contributed by atoms with van der Waals surface area (Å²) in [5, 5.41) is 10.6. The van der Waals surface area contributed by atoms with Gasteiger partial charge in [-0.3, -0.25) is 4.79 Å². The fourth-order valence-electron chi connectivity index (χ4n) is 2.36. The average Bonchev–Trinajstić information content (AvgIpc) is 3.29. The maximum Gasteiger partial charge on any atom is 0.233 e. The number of nitrogen functional groups attached to an aromatic ring is 1. The van der Waals surface area contributed by atoms with E-state index in [2.05, 4.69) is 10.2 Å². The number of thiophene rings is 1. The maximum absolute atomic E-state index is 13.0. The van der Waals surface area contributed by atoms with Gasteiger partial charge in [0.25, 0.3) is 0 Å². The number of carbonyl (C=O) groups excluding carboxylic acids is 1. The quantitative estimate of drug-likeness (QED) is 0.516. The van der Waals surface area contributed by atoms with Crippen LogP contribution in [0, 0.1) is 5.82 Å². The lowest BCUT2D eigenvalue weighted by atomic mass is 10.1. The van der Waals surface area contributed by atoms with Crippen molar-refractivity contribution in [2.45, 2.75) is 18.1 Å². The van der Waals surface area contributed by atoms with Crippen LogP contribution in [-0.4, -0.2) is 38.5 Å². The molecule has 0 aliphatic carbocycles. The molecule has 2 aromatic heterocycles. The molecule has 0 spiro atoms. The van der Waals surface area contributed by atoms with Crippen molar-refractivity contribution < 1.29 is 9.18 Å². The molecule has 0 aliphatic heterocycles. The molecule has 1 amide bonds. The highest BCUT2D eigenvalue weighted by molar-refractivity contribution is 7.99. The molecule has 3 rings (SSSR count). The first-order valence-electron chi connectivity index (χ1n) is 7.85. The molecule has 26 heavy (non-hydrogen) atoms. The Balaban J connectivity index is 1.62. The fraction of sp³-hybridized carbons (Fsp3) is 0.235. The van der Waals surface area contributed by atoms with Gasteiger partial charge in [0.15, 0.2) is 5.82 Å². The van der Waals surface area contributed by atoms with Crippen LogP contribution in [0.4, 0.5) is 4.39 Å². The molecule has 0 saturated heterocycles. The molecule has 6 nitrogen and oxygen atoms in total. The van der Waals surface area contributed by atoms with Gasteiger partial charge in [0, 0.05) is 7.05 Å². The zero-order valence-electron chi connectivity index (χ0n) is 14.3. The lowest BCUT2D eigenvalue weighted by molar-refractivity contribution is -0.128. The van der Waals surface area contributed by atoms with Gasteiger partial charge in [-0.05, 0) is 36.1 Å². The second kappa shape index (κ2) is 7.88. The van der Waals surface area contributed by atoms with Crippen LogP contribution in [0.25, 0.3) is 10.7 Å². The highest BCUT2D eigenvalue weighted by Crippen LogP contribution is 2.26. The molecule has 0 saturated carbocycles. The molecule has 0 radical (unpaired) electrons. The molecule has 0 bridgehead atoms. The van der Waals surface area contributed by atoms with Gasteiger partial charge < -0.3 is 10.7 Å². The second-order valence-corrected chi connectivity index (χ2v) is 7.56. The Kier molecular flexibility index (Phi) is 5.58. The predicted octanol–water partition coefficient (Wildman–Crippen LogP) is 3.17. The Bertz CT molecular complexity index is 879. The normalized spacial score (nSPS) is 12.1. The van der Waals surface area contributed by atoms with Gasteiger partial charge in [-0.2, -0.15) is 0 Å². The predicted molar refractivity (Wildman–Crippen MR) is 102 cm³/mol. The van der Waals surface area contributed by atoms with Gasteiger partial charge in [-0.15, -0.1) is 21.5 Å². The number of aromatic nitrogens is 3. The second-order valence-electron chi connectivity index (χ2n) is 5.67. The van der Waals surface area contributed by atoms with E-state index in [1.165, 1.54) is 39.9 Å². The van der Waals surface area contributed by atoms with Crippen LogP contribution >= 0.6 is 23.1 Å². The Hall–Kier alpha value is -2.39. The summed E-state index contributed by atoms with van der Waals surface area (Å²) < 4.78 is 14.4. The molecule has 2 N–H and O–H groups in total. The summed E-state index contributed by atoms with van der Waals surface area (Å²) in [5.41, 5.74) is 0.870. The maximum atomic E-state index is 13.0. The van der Waals surface area contributed by atoms with Crippen molar-refractivity contribution in [2.75, 3.05) is 18.6 Å². The van der Waals surface area contributed by atoms with E-state index in [9.17, 15) is 9.18 Å². The fourth-order valence-corrected chi connectivity index (χ4v) is 3.84. The van der Waals surface area contributed by atoms with Gasteiger partial charge in [0.1, 0.15) is 5.82 Å². The number of nitrogens with zero attached hydrogens (tertiary/aromatic N) is 4. The largest absolute Gasteiger partial charge is 0.338 e. The van der Waals surface area contributed by atoms with Crippen molar-refractivity contribution in [1.82, 2.24) is 19.8 Å². The van der Waals surface area contributed by atoms with Crippen LogP contribution in [0.5, 0.6) is 0 Å². The molecule has 1 unspecified atom stereocenters. The number of benzene rings is 1. The number of thioether (sulfide) groups is 1. The number of hydrogen-bond acceptors (Lipinski definition) is 6. The highest BCUT2D eigenvalue weighted by Gasteiger charge is 2.20. The van der Waals surface area contributed by atoms with Crippen molar-refractivity contribution in [3.8, 4) is 10.7 Å². The molecular weight excluding hydrogens is 373 g/mol. The molecule has 3 aromatic rings. The van der Waals surface area contributed by atoms with E-state index >= 15 is 0 Å². The number of carbonyl (C=O) groups is 1. The first kappa shape index (κ1) is 18.4. The molecule has 9 heteroatoms. The molecule has 2 heterocycles. The van der Waals surface area contributed by atoms with E-state index in [0.717, 1.165) is 10.4 Å². The summed E-state index contributed by atoms with van der Waals surface area (Å²) >= 11 is 2.76. The number of halogens is 1. The van der Waals surface area contributed by atoms with Crippen molar-refractivity contribution in [2.24, 2.45) is 0 Å². The summed E-state index contributed by atoms with van der Waals surface area (Å²) in [6.45, 7) is 1.90. The number of nitrogens with two attached hydrogens (primary N) is 1. The zero-order chi connectivity index (χ0) is 18.7. The number of hydrogen-bond donors (Lipinski definition) is 1. The van der Waals surface area contributed by atoms with Gasteiger partial charge >= 0.3 is 0 Å². The van der Waals surface area contributed by atoms with Crippen molar-refractivity contribution in [1.29, 1.82) is 0 Å². The molecule has 0 fully saturated rings. The third kappa shape index (κ3) is 3.88. The summed E-state index contributed by atoms with van der Waals surface area (Å²) in [5.74, 6) is 6.42. The smallest absolute Gasteiger partial charge is 0.233 e. The van der Waals surface area contributed by atoms with E-state index in [0.29, 0.717) is 11.0 Å². The lowest BCUT2D eigenvalue weighted by Gasteiger charge is -2.25. The lowest BCUT2D eigenvalue weighted by Crippen LogP contribution is -2.31. The van der Waals surface area contributed by atoms with Crippen LogP contribution in [0.2, 0.25) is 0 Å². The van der Waals surface area contributed by atoms with Crippen LogP contribution in [0.3, 0.4) is 0 Å². The third-order valence-electron chi connectivity index (χ3n) is 4.06. The van der Waals surface area contributed by atoms with Gasteiger partial charge in [0.05, 0.1) is 16.7 Å². The van der Waals surface area contributed by atoms with Crippen LogP contribution in [0.15, 0.2) is 46.9 Å². The third-order valence-corrected chi connectivity index (χ3v) is 5.85. The minimum atomic E-state index is -0.297. The Morgan fingerprint density at radius 3 is 2.73 bits per heavy atom. The minimum Gasteiger partial charge on any atom is -0.338 e. The Morgan fingerprint density at radius 1 is 1.35 bits per heavy atom. The first-order chi connectivity index (χ1) is 12.5. The summed E-state index contributed by atoms with van der Waals surface area (Å²) in [6.07, 6.45) is 0. The van der Waals surface area contributed by atoms with E-state index < -0.39 is 0 Å². The van der Waals surface area contributed by atoms with E-state index in [1.54, 1.807) is 24.1 Å². The monoisotopic (exact) mass is 391 g/mol. The van der Waals surface area contributed by atoms with Crippen molar-refractivity contribution in [3.63, 3.8) is 0 Å². The molecule has 1 atom stereocenters. The molecule has 0 aliphatic rings. The van der Waals surface area contributed by atoms with Crippen molar-refractivity contribution in [3.05, 3.63) is 53.2 Å². The van der Waals surface area contributed by atoms with E-state index in [-0.39, 0.29) is 23.5 Å². The standard InChI is InChI=1S/C17H18FN5OS2/c1-11(12-5-7-13(18)8-6-12)22(2)15(24)10-26-17-21-20-16(23(17)19)14-4-3-9-25-14/h3-9,11H,10,19H2,1-2H3. The Morgan fingerprint density at radius 2 is 2.08 bits per heavy atom. The van der Waals surface area contributed by atoms with E-state index in [4.69, 9.17) is 5.84 Å². The first-order valence-corrected chi connectivity index (χ1v) is 9.72. The van der Waals surface area contributed by atoms with Crippen LogP contribution in [-0.2, 0) is 4.79 Å². The highest BCUT2D eigenvalue weighted by atomic mass is 32.2. The van der Waals surface area contributed by atoms with Gasteiger partial charge in [-0.1, -0.05) is 30.0 Å².